The third-order valence-electron chi connectivity index (χ3n) is 4.29. The molecule has 25 heavy (non-hydrogen) atoms. The quantitative estimate of drug-likeness (QED) is 0.374. The van der Waals surface area contributed by atoms with Gasteiger partial charge in [0, 0.05) is 44.7 Å². The highest BCUT2D eigenvalue weighted by Gasteiger charge is 2.17. The average Bonchev–Trinajstić information content (AvgIpc) is 3.06. The molecule has 7 heteroatoms. The second-order valence-electron chi connectivity index (χ2n) is 6.22. The molecule has 0 atom stereocenters. The number of carbonyl (C=O) groups is 1. The van der Waals surface area contributed by atoms with E-state index >= 15 is 0 Å². The van der Waals surface area contributed by atoms with Gasteiger partial charge in [0.05, 0.1) is 0 Å². The van der Waals surface area contributed by atoms with Crippen molar-refractivity contribution in [3.05, 3.63) is 34.9 Å². The molecule has 5 nitrogen and oxygen atoms in total. The maximum Gasteiger partial charge on any atom is 0.221 e. The van der Waals surface area contributed by atoms with Crippen LogP contribution in [0.5, 0.6) is 0 Å². The van der Waals surface area contributed by atoms with Crippen LogP contribution in [0.1, 0.15) is 37.7 Å². The first-order chi connectivity index (χ1) is 11.6. The van der Waals surface area contributed by atoms with Crippen molar-refractivity contribution in [2.75, 3.05) is 20.6 Å². The Morgan fingerprint density at radius 2 is 2.00 bits per heavy atom. The molecule has 0 aliphatic heterocycles. The second kappa shape index (κ2) is 11.6. The first kappa shape index (κ1) is 22.0. The molecular weight excluding hydrogens is 451 g/mol. The Labute approximate surface area is 172 Å². The first-order valence-corrected chi connectivity index (χ1v) is 8.92. The molecule has 0 aromatic heterocycles. The Morgan fingerprint density at radius 3 is 2.64 bits per heavy atom. The van der Waals surface area contributed by atoms with E-state index in [0.717, 1.165) is 29.4 Å². The highest BCUT2D eigenvalue weighted by atomic mass is 127. The van der Waals surface area contributed by atoms with Crippen LogP contribution in [0.3, 0.4) is 0 Å². The minimum absolute atomic E-state index is 0. The predicted octanol–water partition coefficient (Wildman–Crippen LogP) is 3.41. The van der Waals surface area contributed by atoms with Crippen molar-refractivity contribution in [1.29, 1.82) is 0 Å². The molecule has 0 unspecified atom stereocenters. The summed E-state index contributed by atoms with van der Waals surface area (Å²) in [6, 6.07) is 8.15. The van der Waals surface area contributed by atoms with Gasteiger partial charge in [0.25, 0.3) is 0 Å². The van der Waals surface area contributed by atoms with Crippen LogP contribution in [0.2, 0.25) is 5.02 Å². The molecule has 0 radical (unpaired) electrons. The Morgan fingerprint density at radius 1 is 1.32 bits per heavy atom. The third-order valence-corrected chi connectivity index (χ3v) is 4.66. The van der Waals surface area contributed by atoms with E-state index in [0.29, 0.717) is 25.6 Å². The van der Waals surface area contributed by atoms with Crippen molar-refractivity contribution in [2.24, 2.45) is 4.99 Å². The van der Waals surface area contributed by atoms with E-state index in [4.69, 9.17) is 11.6 Å². The van der Waals surface area contributed by atoms with E-state index in [1.807, 2.05) is 36.2 Å². The average molecular weight is 479 g/mol. The number of nitrogens with zero attached hydrogens (tertiary/aromatic N) is 2. The van der Waals surface area contributed by atoms with E-state index in [1.165, 1.54) is 12.8 Å². The maximum absolute atomic E-state index is 12.0. The number of hydrogen-bond donors (Lipinski definition) is 2. The topological polar surface area (TPSA) is 56.7 Å². The number of nitrogens with one attached hydrogen (secondary N) is 2. The lowest BCUT2D eigenvalue weighted by molar-refractivity contribution is -0.121. The number of guanidine groups is 1. The van der Waals surface area contributed by atoms with E-state index in [2.05, 4.69) is 15.6 Å². The smallest absolute Gasteiger partial charge is 0.221 e. The van der Waals surface area contributed by atoms with Gasteiger partial charge in [-0.3, -0.25) is 9.79 Å². The van der Waals surface area contributed by atoms with E-state index in [-0.39, 0.29) is 29.9 Å². The summed E-state index contributed by atoms with van der Waals surface area (Å²) in [5.41, 5.74) is 1.04. The standard InChI is InChI=1S/C18H27ClN4O.HI/c1-20-18(23(2)13-14-7-3-6-10-16(14)19)21-12-11-17(24)22-15-8-4-5-9-15;/h3,6-7,10,15H,4-5,8-9,11-13H2,1-2H3,(H,20,21)(H,22,24);1H. The molecule has 1 aromatic rings. The summed E-state index contributed by atoms with van der Waals surface area (Å²) in [6.07, 6.45) is 5.13. The minimum atomic E-state index is 0. The van der Waals surface area contributed by atoms with Gasteiger partial charge in [0.1, 0.15) is 0 Å². The molecule has 140 valence electrons. The summed E-state index contributed by atoms with van der Waals surface area (Å²) in [7, 11) is 3.70. The summed E-state index contributed by atoms with van der Waals surface area (Å²) in [5.74, 6) is 0.863. The van der Waals surface area contributed by atoms with Crippen molar-refractivity contribution in [3.8, 4) is 0 Å². The molecule has 1 aliphatic rings. The van der Waals surface area contributed by atoms with Crippen molar-refractivity contribution in [2.45, 2.75) is 44.7 Å². The van der Waals surface area contributed by atoms with Gasteiger partial charge >= 0.3 is 0 Å². The van der Waals surface area contributed by atoms with Gasteiger partial charge in [-0.25, -0.2) is 0 Å². The zero-order valence-electron chi connectivity index (χ0n) is 14.9. The van der Waals surface area contributed by atoms with Gasteiger partial charge < -0.3 is 15.5 Å². The summed E-state index contributed by atoms with van der Waals surface area (Å²) in [6.45, 7) is 1.23. The Bertz CT molecular complexity index is 576. The van der Waals surface area contributed by atoms with Crippen LogP contribution in [-0.2, 0) is 11.3 Å². The lowest BCUT2D eigenvalue weighted by atomic mass is 10.2. The molecule has 1 fully saturated rings. The molecule has 0 saturated heterocycles. The molecular formula is C18H28ClIN4O. The maximum atomic E-state index is 12.0. The van der Waals surface area contributed by atoms with Crippen molar-refractivity contribution >= 4 is 47.4 Å². The second-order valence-corrected chi connectivity index (χ2v) is 6.63. The van der Waals surface area contributed by atoms with Crippen molar-refractivity contribution in [1.82, 2.24) is 15.5 Å². The van der Waals surface area contributed by atoms with Gasteiger partial charge in [-0.2, -0.15) is 0 Å². The SMILES string of the molecule is CN=C(NCCC(=O)NC1CCCC1)N(C)Cc1ccccc1Cl.I. The van der Waals surface area contributed by atoms with Gasteiger partial charge in [-0.05, 0) is 24.5 Å². The fraction of sp³-hybridized carbons (Fsp3) is 0.556. The molecule has 0 bridgehead atoms. The summed E-state index contributed by atoms with van der Waals surface area (Å²) < 4.78 is 0. The molecule has 0 heterocycles. The number of rotatable bonds is 6. The Kier molecular flexibility index (Phi) is 10.2. The molecule has 1 aromatic carbocycles. The van der Waals surface area contributed by atoms with E-state index in [9.17, 15) is 4.79 Å². The van der Waals surface area contributed by atoms with Gasteiger partial charge in [-0.1, -0.05) is 42.6 Å². The molecule has 2 rings (SSSR count). The van der Waals surface area contributed by atoms with Crippen molar-refractivity contribution < 1.29 is 4.79 Å². The van der Waals surface area contributed by atoms with Crippen LogP contribution in [0.25, 0.3) is 0 Å². The molecule has 2 N–H and O–H groups in total. The zero-order chi connectivity index (χ0) is 17.4. The highest BCUT2D eigenvalue weighted by molar-refractivity contribution is 14.0. The van der Waals surface area contributed by atoms with Gasteiger partial charge in [-0.15, -0.1) is 24.0 Å². The van der Waals surface area contributed by atoms with E-state index in [1.54, 1.807) is 7.05 Å². The third kappa shape index (κ3) is 7.40. The summed E-state index contributed by atoms with van der Waals surface area (Å²) in [4.78, 5) is 18.2. The largest absolute Gasteiger partial charge is 0.356 e. The Balaban J connectivity index is 0.00000312. The summed E-state index contributed by atoms with van der Waals surface area (Å²) in [5, 5.41) is 7.08. The fourth-order valence-electron chi connectivity index (χ4n) is 3.00. The zero-order valence-corrected chi connectivity index (χ0v) is 18.0. The van der Waals surface area contributed by atoms with Gasteiger partial charge in [0.2, 0.25) is 5.91 Å². The molecule has 0 spiro atoms. The number of carbonyl (C=O) groups excluding carboxylic acids is 1. The normalized spacial score (nSPS) is 14.8. The number of halogens is 2. The number of amides is 1. The van der Waals surface area contributed by atoms with Crippen LogP contribution in [0.15, 0.2) is 29.3 Å². The molecule has 1 amide bonds. The highest BCUT2D eigenvalue weighted by Crippen LogP contribution is 2.18. The number of aliphatic imine (C=N–C) groups is 1. The fourth-order valence-corrected chi connectivity index (χ4v) is 3.20. The number of hydrogen-bond acceptors (Lipinski definition) is 2. The van der Waals surface area contributed by atoms with Gasteiger partial charge in [0.15, 0.2) is 5.96 Å². The van der Waals surface area contributed by atoms with E-state index < -0.39 is 0 Å². The van der Waals surface area contributed by atoms with Crippen LogP contribution < -0.4 is 10.6 Å². The van der Waals surface area contributed by atoms with Crippen LogP contribution in [0.4, 0.5) is 0 Å². The first-order valence-electron chi connectivity index (χ1n) is 8.54. The lowest BCUT2D eigenvalue weighted by Crippen LogP contribution is -2.41. The monoisotopic (exact) mass is 478 g/mol. The molecule has 1 aliphatic carbocycles. The minimum Gasteiger partial charge on any atom is -0.356 e. The van der Waals surface area contributed by atoms with Crippen LogP contribution in [0, 0.1) is 0 Å². The van der Waals surface area contributed by atoms with Crippen LogP contribution in [-0.4, -0.2) is 43.4 Å². The predicted molar refractivity (Wildman–Crippen MR) is 115 cm³/mol. The Hall–Kier alpha value is -1.02. The number of benzene rings is 1. The summed E-state index contributed by atoms with van der Waals surface area (Å²) >= 11 is 6.20. The molecule has 1 saturated carbocycles. The lowest BCUT2D eigenvalue weighted by Gasteiger charge is -2.22. The van der Waals surface area contributed by atoms with Crippen molar-refractivity contribution in [3.63, 3.8) is 0 Å². The van der Waals surface area contributed by atoms with Crippen LogP contribution >= 0.6 is 35.6 Å².